The van der Waals surface area contributed by atoms with Crippen molar-refractivity contribution in [1.82, 2.24) is 4.90 Å². The first-order valence-corrected chi connectivity index (χ1v) is 7.07. The monoisotopic (exact) mass is 328 g/mol. The second-order valence-corrected chi connectivity index (χ2v) is 5.79. The molecule has 0 aliphatic carbocycles. The number of amides is 2. The number of anilines is 1. The highest BCUT2D eigenvalue weighted by atomic mass is 19.3. The number of hydrogen-bond donors (Lipinski definition) is 2. The van der Waals surface area contributed by atoms with Gasteiger partial charge in [0.1, 0.15) is 5.75 Å². The zero-order chi connectivity index (χ0) is 17.2. The van der Waals surface area contributed by atoms with Crippen LogP contribution in [0.1, 0.15) is 18.9 Å². The minimum atomic E-state index is -3.01. The Morgan fingerprint density at radius 3 is 2.70 bits per heavy atom. The highest BCUT2D eigenvalue weighted by molar-refractivity contribution is 5.92. The highest BCUT2D eigenvalue weighted by Gasteiger charge is 2.42. The van der Waals surface area contributed by atoms with Crippen LogP contribution in [0.4, 0.5) is 19.3 Å². The summed E-state index contributed by atoms with van der Waals surface area (Å²) < 4.78 is 29.3. The van der Waals surface area contributed by atoms with E-state index in [1.54, 1.807) is 26.0 Å². The zero-order valence-corrected chi connectivity index (χ0v) is 12.8. The largest absolute Gasteiger partial charge is 0.481 e. The fraction of sp³-hybridized carbons (Fsp3) is 0.467. The lowest BCUT2D eigenvalue weighted by Crippen LogP contribution is -2.37. The average Bonchev–Trinajstić information content (AvgIpc) is 2.86. The van der Waals surface area contributed by atoms with Gasteiger partial charge in [0.2, 0.25) is 0 Å². The van der Waals surface area contributed by atoms with E-state index in [1.807, 2.05) is 0 Å². The maximum atomic E-state index is 12.5. The van der Waals surface area contributed by atoms with Crippen molar-refractivity contribution >= 4 is 17.7 Å². The number of aryl methyl sites for hydroxylation is 1. The number of para-hydroxylation sites is 1. The van der Waals surface area contributed by atoms with E-state index in [4.69, 9.17) is 0 Å². The molecule has 2 amide bonds. The summed E-state index contributed by atoms with van der Waals surface area (Å²) in [6.07, 6.45) is 0.337. The molecule has 1 aliphatic rings. The highest BCUT2D eigenvalue weighted by Crippen LogP contribution is 2.33. The predicted molar refractivity (Wildman–Crippen MR) is 78.8 cm³/mol. The summed E-state index contributed by atoms with van der Waals surface area (Å²) in [4.78, 5) is 24.9. The normalized spacial score (nSPS) is 20.7. The van der Waals surface area contributed by atoms with Gasteiger partial charge in [0.15, 0.2) is 0 Å². The lowest BCUT2D eigenvalue weighted by atomic mass is 9.90. The van der Waals surface area contributed by atoms with Crippen molar-refractivity contribution in [3.05, 3.63) is 23.8 Å². The Bertz CT molecular complexity index is 623. The molecule has 0 aromatic heterocycles. The van der Waals surface area contributed by atoms with E-state index in [1.165, 1.54) is 11.0 Å². The number of nitrogens with zero attached hydrogens (tertiary/aromatic N) is 1. The minimum Gasteiger partial charge on any atom is -0.481 e. The Morgan fingerprint density at radius 2 is 2.13 bits per heavy atom. The lowest BCUT2D eigenvalue weighted by molar-refractivity contribution is -0.146. The average molecular weight is 328 g/mol. The van der Waals surface area contributed by atoms with Crippen LogP contribution in [0.3, 0.4) is 0 Å². The number of hydrogen-bond acceptors (Lipinski definition) is 3. The fourth-order valence-corrected chi connectivity index (χ4v) is 2.49. The molecular weight excluding hydrogens is 310 g/mol. The van der Waals surface area contributed by atoms with Crippen LogP contribution in [0.5, 0.6) is 5.75 Å². The lowest BCUT2D eigenvalue weighted by Gasteiger charge is -2.22. The number of carboxylic acid groups (broad SMARTS) is 1. The third-order valence-corrected chi connectivity index (χ3v) is 3.96. The molecule has 2 N–H and O–H groups in total. The molecule has 1 aromatic carbocycles. The molecular formula is C15H18F2N2O4. The van der Waals surface area contributed by atoms with Gasteiger partial charge in [-0.1, -0.05) is 12.1 Å². The Kier molecular flexibility index (Phi) is 4.72. The van der Waals surface area contributed by atoms with Crippen LogP contribution < -0.4 is 10.1 Å². The summed E-state index contributed by atoms with van der Waals surface area (Å²) in [7, 11) is 0. The van der Waals surface area contributed by atoms with Gasteiger partial charge >= 0.3 is 18.6 Å². The first-order valence-electron chi connectivity index (χ1n) is 7.07. The van der Waals surface area contributed by atoms with Crippen molar-refractivity contribution < 1.29 is 28.2 Å². The number of rotatable bonds is 4. The molecule has 1 aromatic rings. The minimum absolute atomic E-state index is 0.0606. The van der Waals surface area contributed by atoms with Gasteiger partial charge in [-0.15, -0.1) is 0 Å². The second kappa shape index (κ2) is 6.39. The van der Waals surface area contributed by atoms with Crippen LogP contribution in [0.2, 0.25) is 0 Å². The molecule has 0 saturated carbocycles. The van der Waals surface area contributed by atoms with Gasteiger partial charge in [0.05, 0.1) is 11.1 Å². The molecule has 0 bridgehead atoms. The van der Waals surface area contributed by atoms with Crippen LogP contribution >= 0.6 is 0 Å². The van der Waals surface area contributed by atoms with Crippen molar-refractivity contribution in [2.24, 2.45) is 5.41 Å². The number of alkyl halides is 2. The van der Waals surface area contributed by atoms with Gasteiger partial charge < -0.3 is 20.1 Å². The van der Waals surface area contributed by atoms with E-state index in [-0.39, 0.29) is 24.5 Å². The van der Waals surface area contributed by atoms with E-state index in [0.717, 1.165) is 0 Å². The first kappa shape index (κ1) is 17.0. The van der Waals surface area contributed by atoms with E-state index in [0.29, 0.717) is 12.0 Å². The summed E-state index contributed by atoms with van der Waals surface area (Å²) >= 11 is 0. The maximum Gasteiger partial charge on any atom is 0.387 e. The molecule has 2 rings (SSSR count). The summed E-state index contributed by atoms with van der Waals surface area (Å²) in [6.45, 7) is 0.562. The summed E-state index contributed by atoms with van der Waals surface area (Å²) in [5, 5.41) is 11.7. The third kappa shape index (κ3) is 3.69. The van der Waals surface area contributed by atoms with E-state index in [9.17, 15) is 23.5 Å². The number of aliphatic carboxylic acids is 1. The molecule has 6 nitrogen and oxygen atoms in total. The van der Waals surface area contributed by atoms with E-state index >= 15 is 0 Å². The van der Waals surface area contributed by atoms with Crippen LogP contribution in [0, 0.1) is 12.3 Å². The molecule has 1 saturated heterocycles. The molecule has 23 heavy (non-hydrogen) atoms. The molecule has 1 aliphatic heterocycles. The van der Waals surface area contributed by atoms with Crippen molar-refractivity contribution in [1.29, 1.82) is 0 Å². The zero-order valence-electron chi connectivity index (χ0n) is 12.8. The van der Waals surface area contributed by atoms with Gasteiger partial charge in [-0.25, -0.2) is 4.79 Å². The Labute approximate surface area is 132 Å². The smallest absolute Gasteiger partial charge is 0.387 e. The summed E-state index contributed by atoms with van der Waals surface area (Å²) in [5.41, 5.74) is -0.274. The van der Waals surface area contributed by atoms with Crippen molar-refractivity contribution in [3.8, 4) is 5.75 Å². The van der Waals surface area contributed by atoms with Gasteiger partial charge in [-0.05, 0) is 31.9 Å². The third-order valence-electron chi connectivity index (χ3n) is 3.96. The molecule has 1 fully saturated rings. The topological polar surface area (TPSA) is 78.9 Å². The number of halogens is 2. The molecule has 0 radical (unpaired) electrons. The number of nitrogens with one attached hydrogen (secondary N) is 1. The van der Waals surface area contributed by atoms with E-state index in [2.05, 4.69) is 10.1 Å². The Morgan fingerprint density at radius 1 is 1.43 bits per heavy atom. The van der Waals surface area contributed by atoms with Crippen molar-refractivity contribution in [2.45, 2.75) is 26.9 Å². The molecule has 0 spiro atoms. The second-order valence-electron chi connectivity index (χ2n) is 5.79. The molecule has 1 unspecified atom stereocenters. The number of carboxylic acids is 1. The SMILES string of the molecule is Cc1cccc(OC(F)F)c1NC(=O)N1CCC(C)(C(=O)O)C1. The van der Waals surface area contributed by atoms with Gasteiger partial charge in [-0.2, -0.15) is 8.78 Å². The standard InChI is InChI=1S/C15H18F2N2O4/c1-9-4-3-5-10(23-13(16)17)11(9)18-14(22)19-7-6-15(2,8-19)12(20)21/h3-5,13H,6-8H2,1-2H3,(H,18,22)(H,20,21). The number of ether oxygens (including phenoxy) is 1. The summed E-state index contributed by atoms with van der Waals surface area (Å²) in [5.74, 6) is -1.10. The quantitative estimate of drug-likeness (QED) is 0.891. The van der Waals surface area contributed by atoms with Crippen molar-refractivity contribution in [2.75, 3.05) is 18.4 Å². The van der Waals surface area contributed by atoms with Gasteiger partial charge in [0.25, 0.3) is 0 Å². The van der Waals surface area contributed by atoms with Crippen LogP contribution in [0.15, 0.2) is 18.2 Å². The molecule has 1 heterocycles. The number of likely N-dealkylation sites (tertiary alicyclic amines) is 1. The first-order chi connectivity index (χ1) is 10.7. The van der Waals surface area contributed by atoms with E-state index < -0.39 is 24.0 Å². The number of carbonyl (C=O) groups is 2. The van der Waals surface area contributed by atoms with Crippen molar-refractivity contribution in [3.63, 3.8) is 0 Å². The predicted octanol–water partition coefficient (Wildman–Crippen LogP) is 2.92. The molecule has 1 atom stereocenters. The Balaban J connectivity index is 2.14. The molecule has 126 valence electrons. The van der Waals surface area contributed by atoms with Crippen LogP contribution in [0.25, 0.3) is 0 Å². The van der Waals surface area contributed by atoms with Gasteiger partial charge in [0, 0.05) is 13.1 Å². The fourth-order valence-electron chi connectivity index (χ4n) is 2.49. The number of benzene rings is 1. The van der Waals surface area contributed by atoms with Crippen LogP contribution in [-0.2, 0) is 4.79 Å². The van der Waals surface area contributed by atoms with Gasteiger partial charge in [-0.3, -0.25) is 4.79 Å². The number of carbonyl (C=O) groups excluding carboxylic acids is 1. The Hall–Kier alpha value is -2.38. The summed E-state index contributed by atoms with van der Waals surface area (Å²) in [6, 6.07) is 3.99. The maximum absolute atomic E-state index is 12.5. The molecule has 8 heteroatoms. The van der Waals surface area contributed by atoms with Crippen LogP contribution in [-0.4, -0.2) is 41.7 Å². The number of urea groups is 1.